The summed E-state index contributed by atoms with van der Waals surface area (Å²) < 4.78 is 31.8. The molecule has 0 amide bonds. The summed E-state index contributed by atoms with van der Waals surface area (Å²) in [6.45, 7) is 4.72. The first kappa shape index (κ1) is 16.8. The second kappa shape index (κ2) is 8.11. The quantitative estimate of drug-likeness (QED) is 0.686. The molecule has 1 aromatic rings. The summed E-state index contributed by atoms with van der Waals surface area (Å²) in [5, 5.41) is 3.00. The molecule has 2 N–H and O–H groups in total. The van der Waals surface area contributed by atoms with Crippen LogP contribution >= 0.6 is 0 Å². The maximum absolute atomic E-state index is 11.9. The van der Waals surface area contributed by atoms with Gasteiger partial charge >= 0.3 is 0 Å². The molecular formula is C14H24N2O3S. The molecule has 0 saturated heterocycles. The fourth-order valence-corrected chi connectivity index (χ4v) is 2.88. The average molecular weight is 300 g/mol. The Hall–Kier alpha value is -1.27. The van der Waals surface area contributed by atoms with E-state index in [4.69, 9.17) is 4.74 Å². The highest BCUT2D eigenvalue weighted by Gasteiger charge is 2.10. The second-order valence-electron chi connectivity index (χ2n) is 4.92. The predicted molar refractivity (Wildman–Crippen MR) is 82.8 cm³/mol. The minimum Gasteiger partial charge on any atom is -0.491 e. The summed E-state index contributed by atoms with van der Waals surface area (Å²) >= 11 is 0. The van der Waals surface area contributed by atoms with Crippen LogP contribution in [0, 0.1) is 0 Å². The maximum atomic E-state index is 11.9. The molecule has 0 aliphatic rings. The number of sulfonamides is 1. The number of rotatable bonds is 9. The Bertz CT molecular complexity index is 484. The van der Waals surface area contributed by atoms with Crippen LogP contribution in [0.5, 0.6) is 5.75 Å². The van der Waals surface area contributed by atoms with E-state index in [1.807, 2.05) is 20.9 Å². The highest BCUT2D eigenvalue weighted by atomic mass is 32.2. The molecule has 0 heterocycles. The molecule has 20 heavy (non-hydrogen) atoms. The number of hydrogen-bond donors (Lipinski definition) is 2. The van der Waals surface area contributed by atoms with Gasteiger partial charge in [-0.25, -0.2) is 8.42 Å². The van der Waals surface area contributed by atoms with Crippen LogP contribution in [0.15, 0.2) is 24.3 Å². The zero-order valence-electron chi connectivity index (χ0n) is 12.3. The third-order valence-corrected chi connectivity index (χ3v) is 3.96. The second-order valence-corrected chi connectivity index (χ2v) is 6.76. The Morgan fingerprint density at radius 3 is 2.35 bits per heavy atom. The van der Waals surface area contributed by atoms with Crippen LogP contribution in [0.2, 0.25) is 0 Å². The molecule has 0 fully saturated rings. The van der Waals surface area contributed by atoms with E-state index in [9.17, 15) is 8.42 Å². The molecule has 0 spiro atoms. The van der Waals surface area contributed by atoms with Crippen molar-refractivity contribution in [3.8, 4) is 5.75 Å². The molecule has 0 saturated carbocycles. The van der Waals surface area contributed by atoms with Gasteiger partial charge in [0.15, 0.2) is 0 Å². The van der Waals surface area contributed by atoms with Gasteiger partial charge in [0, 0.05) is 5.69 Å². The van der Waals surface area contributed by atoms with Gasteiger partial charge in [0.1, 0.15) is 5.75 Å². The first-order valence-corrected chi connectivity index (χ1v) is 8.50. The molecule has 6 heteroatoms. The molecule has 0 atom stereocenters. The maximum Gasteiger partial charge on any atom is 0.232 e. The number of ether oxygens (including phenoxy) is 1. The van der Waals surface area contributed by atoms with E-state index in [-0.39, 0.29) is 11.9 Å². The Kier molecular flexibility index (Phi) is 6.81. The first-order valence-electron chi connectivity index (χ1n) is 6.85. The van der Waals surface area contributed by atoms with Gasteiger partial charge in [-0.15, -0.1) is 0 Å². The molecule has 1 rings (SSSR count). The van der Waals surface area contributed by atoms with E-state index in [2.05, 4.69) is 10.0 Å². The summed E-state index contributed by atoms with van der Waals surface area (Å²) in [5.74, 6) is 0.871. The third kappa shape index (κ3) is 6.77. The van der Waals surface area contributed by atoms with E-state index in [0.29, 0.717) is 12.1 Å². The lowest BCUT2D eigenvalue weighted by Gasteiger charge is -2.11. The van der Waals surface area contributed by atoms with Crippen LogP contribution in [0.1, 0.15) is 26.7 Å². The van der Waals surface area contributed by atoms with E-state index in [0.717, 1.165) is 18.7 Å². The lowest BCUT2D eigenvalue weighted by Crippen LogP contribution is -2.18. The van der Waals surface area contributed by atoms with Crippen molar-refractivity contribution in [2.45, 2.75) is 32.8 Å². The average Bonchev–Trinajstić information content (AvgIpc) is 2.36. The summed E-state index contributed by atoms with van der Waals surface area (Å²) in [5.41, 5.74) is 0.565. The molecule has 0 radical (unpaired) electrons. The van der Waals surface area contributed by atoms with Crippen LogP contribution in [0.4, 0.5) is 5.69 Å². The van der Waals surface area contributed by atoms with Crippen LogP contribution in [-0.2, 0) is 10.0 Å². The third-order valence-electron chi connectivity index (χ3n) is 2.59. The monoisotopic (exact) mass is 300 g/mol. The van der Waals surface area contributed by atoms with Crippen molar-refractivity contribution in [2.75, 3.05) is 24.1 Å². The summed E-state index contributed by atoms with van der Waals surface area (Å²) in [6.07, 6.45) is 1.59. The largest absolute Gasteiger partial charge is 0.491 e. The molecule has 0 unspecified atom stereocenters. The zero-order valence-corrected chi connectivity index (χ0v) is 13.2. The molecule has 0 aliphatic carbocycles. The molecule has 114 valence electrons. The molecule has 1 aromatic carbocycles. The van der Waals surface area contributed by atoms with Crippen molar-refractivity contribution >= 4 is 15.7 Å². The first-order chi connectivity index (χ1) is 9.43. The zero-order chi connectivity index (χ0) is 15.0. The van der Waals surface area contributed by atoms with Gasteiger partial charge in [-0.1, -0.05) is 0 Å². The smallest absolute Gasteiger partial charge is 0.232 e. The lowest BCUT2D eigenvalue weighted by atomic mass is 10.3. The van der Waals surface area contributed by atoms with Crippen LogP contribution in [-0.4, -0.2) is 33.9 Å². The molecule has 0 aromatic heterocycles. The Labute approximate surface area is 121 Å². The number of nitrogens with one attached hydrogen (secondary N) is 2. The van der Waals surface area contributed by atoms with Crippen molar-refractivity contribution in [3.63, 3.8) is 0 Å². The number of benzene rings is 1. The summed E-state index contributed by atoms with van der Waals surface area (Å²) in [4.78, 5) is 0. The minimum absolute atomic E-state index is 0.102. The Morgan fingerprint density at radius 2 is 1.80 bits per heavy atom. The molecule has 0 aliphatic heterocycles. The number of unbranched alkanes of at least 4 members (excludes halogenated alkanes) is 1. The molecule has 5 nitrogen and oxygen atoms in total. The van der Waals surface area contributed by atoms with Gasteiger partial charge in [-0.2, -0.15) is 0 Å². The van der Waals surface area contributed by atoms with Gasteiger partial charge in [0.2, 0.25) is 10.0 Å². The van der Waals surface area contributed by atoms with E-state index >= 15 is 0 Å². The number of anilines is 1. The van der Waals surface area contributed by atoms with Crippen molar-refractivity contribution in [1.82, 2.24) is 5.32 Å². The SMILES string of the molecule is CNCCCCS(=O)(=O)Nc1ccc(OC(C)C)cc1. The van der Waals surface area contributed by atoms with Gasteiger partial charge in [0.25, 0.3) is 0 Å². The van der Waals surface area contributed by atoms with E-state index in [1.165, 1.54) is 0 Å². The van der Waals surface area contributed by atoms with Gasteiger partial charge in [-0.3, -0.25) is 4.72 Å². The number of hydrogen-bond acceptors (Lipinski definition) is 4. The van der Waals surface area contributed by atoms with E-state index in [1.54, 1.807) is 24.3 Å². The van der Waals surface area contributed by atoms with Crippen LogP contribution < -0.4 is 14.8 Å². The molecular weight excluding hydrogens is 276 g/mol. The highest BCUT2D eigenvalue weighted by molar-refractivity contribution is 7.92. The topological polar surface area (TPSA) is 67.4 Å². The Balaban J connectivity index is 2.50. The summed E-state index contributed by atoms with van der Waals surface area (Å²) in [6, 6.07) is 6.95. The highest BCUT2D eigenvalue weighted by Crippen LogP contribution is 2.18. The fraction of sp³-hybridized carbons (Fsp3) is 0.571. The normalized spacial score (nSPS) is 11.6. The summed E-state index contributed by atoms with van der Waals surface area (Å²) in [7, 11) is -1.41. The van der Waals surface area contributed by atoms with Crippen molar-refractivity contribution in [2.24, 2.45) is 0 Å². The predicted octanol–water partition coefficient (Wildman–Crippen LogP) is 2.22. The van der Waals surface area contributed by atoms with Crippen molar-refractivity contribution in [1.29, 1.82) is 0 Å². The van der Waals surface area contributed by atoms with Gasteiger partial charge in [0.05, 0.1) is 11.9 Å². The van der Waals surface area contributed by atoms with Gasteiger partial charge in [-0.05, 0) is 64.5 Å². The van der Waals surface area contributed by atoms with Crippen molar-refractivity contribution in [3.05, 3.63) is 24.3 Å². The Morgan fingerprint density at radius 1 is 1.15 bits per heavy atom. The minimum atomic E-state index is -3.27. The van der Waals surface area contributed by atoms with Crippen molar-refractivity contribution < 1.29 is 13.2 Å². The van der Waals surface area contributed by atoms with E-state index < -0.39 is 10.0 Å². The fourth-order valence-electron chi connectivity index (χ4n) is 1.70. The van der Waals surface area contributed by atoms with Gasteiger partial charge < -0.3 is 10.1 Å². The standard InChI is InChI=1S/C14H24N2O3S/c1-12(2)19-14-8-6-13(7-9-14)16-20(17,18)11-5-4-10-15-3/h6-9,12,15-16H,4-5,10-11H2,1-3H3. The molecule has 0 bridgehead atoms. The van der Waals surface area contributed by atoms with Crippen LogP contribution in [0.3, 0.4) is 0 Å². The lowest BCUT2D eigenvalue weighted by molar-refractivity contribution is 0.242. The van der Waals surface area contributed by atoms with Crippen LogP contribution in [0.25, 0.3) is 0 Å².